The summed E-state index contributed by atoms with van der Waals surface area (Å²) in [6.45, 7) is 4.24. The van der Waals surface area contributed by atoms with Gasteiger partial charge in [0, 0.05) is 4.88 Å². The molecule has 0 amide bonds. The maximum absolute atomic E-state index is 5.99. The quantitative estimate of drug-likeness (QED) is 0.615. The summed E-state index contributed by atoms with van der Waals surface area (Å²) in [6.07, 6.45) is 1.97. The summed E-state index contributed by atoms with van der Waals surface area (Å²) in [5.41, 5.74) is 1.28. The van der Waals surface area contributed by atoms with Crippen LogP contribution in [-0.4, -0.2) is 9.97 Å². The van der Waals surface area contributed by atoms with Gasteiger partial charge in [-0.2, -0.15) is 4.98 Å². The predicted octanol–water partition coefficient (Wildman–Crippen LogP) is 5.26. The minimum atomic E-state index is 0.215. The molecule has 0 unspecified atom stereocenters. The van der Waals surface area contributed by atoms with E-state index in [0.717, 1.165) is 28.8 Å². The molecule has 2 heterocycles. The summed E-state index contributed by atoms with van der Waals surface area (Å²) in [4.78, 5) is 10.6. The zero-order chi connectivity index (χ0) is 14.8. The van der Waals surface area contributed by atoms with E-state index >= 15 is 0 Å². The lowest BCUT2D eigenvalue weighted by Gasteiger charge is -2.06. The van der Waals surface area contributed by atoms with Gasteiger partial charge in [0.05, 0.1) is 5.39 Å². The van der Waals surface area contributed by atoms with Crippen molar-refractivity contribution >= 4 is 33.2 Å². The number of hydrogen-bond acceptors (Lipinski definition) is 4. The van der Waals surface area contributed by atoms with Crippen molar-refractivity contribution < 1.29 is 4.74 Å². The van der Waals surface area contributed by atoms with E-state index in [4.69, 9.17) is 16.3 Å². The first-order chi connectivity index (χ1) is 10.2. The number of hydrogen-bond donors (Lipinski definition) is 0. The van der Waals surface area contributed by atoms with Gasteiger partial charge in [-0.05, 0) is 48.2 Å². The van der Waals surface area contributed by atoms with E-state index in [-0.39, 0.29) is 5.28 Å². The Balaban J connectivity index is 2.00. The topological polar surface area (TPSA) is 35.0 Å². The second kappa shape index (κ2) is 6.00. The van der Waals surface area contributed by atoms with Crippen molar-refractivity contribution in [2.45, 2.75) is 26.7 Å². The van der Waals surface area contributed by atoms with Crippen LogP contribution in [0.5, 0.6) is 11.6 Å². The van der Waals surface area contributed by atoms with Crippen molar-refractivity contribution in [3.05, 3.63) is 46.1 Å². The van der Waals surface area contributed by atoms with E-state index in [0.29, 0.717) is 5.88 Å². The molecule has 21 heavy (non-hydrogen) atoms. The monoisotopic (exact) mass is 318 g/mol. The summed E-state index contributed by atoms with van der Waals surface area (Å²) in [5, 5.41) is 1.13. The summed E-state index contributed by atoms with van der Waals surface area (Å²) >= 11 is 7.62. The van der Waals surface area contributed by atoms with Crippen LogP contribution in [0.3, 0.4) is 0 Å². The van der Waals surface area contributed by atoms with Gasteiger partial charge in [-0.25, -0.2) is 4.98 Å². The summed E-state index contributed by atoms with van der Waals surface area (Å²) in [5.74, 6) is 1.28. The summed E-state index contributed by atoms with van der Waals surface area (Å²) in [6, 6.07) is 10.1. The van der Waals surface area contributed by atoms with E-state index in [1.807, 2.05) is 12.1 Å². The molecule has 0 saturated heterocycles. The molecule has 0 bridgehead atoms. The Labute approximate surface area is 132 Å². The molecule has 0 spiro atoms. The second-order valence-electron chi connectivity index (χ2n) is 4.68. The third-order valence-corrected chi connectivity index (χ3v) is 4.62. The average molecular weight is 319 g/mol. The number of rotatable bonds is 4. The summed E-state index contributed by atoms with van der Waals surface area (Å²) in [7, 11) is 0. The first-order valence-electron chi connectivity index (χ1n) is 6.92. The largest absolute Gasteiger partial charge is 0.438 e. The minimum Gasteiger partial charge on any atom is -0.438 e. The molecule has 3 rings (SSSR count). The zero-order valence-electron chi connectivity index (χ0n) is 11.9. The number of thiophene rings is 1. The van der Waals surface area contributed by atoms with Crippen LogP contribution < -0.4 is 4.74 Å². The van der Waals surface area contributed by atoms with Crippen LogP contribution >= 0.6 is 22.9 Å². The molecule has 0 aliphatic rings. The van der Waals surface area contributed by atoms with E-state index in [9.17, 15) is 0 Å². The van der Waals surface area contributed by atoms with E-state index < -0.39 is 0 Å². The van der Waals surface area contributed by atoms with Gasteiger partial charge in [0.2, 0.25) is 11.2 Å². The van der Waals surface area contributed by atoms with E-state index in [1.165, 1.54) is 10.4 Å². The third kappa shape index (κ3) is 3.01. The molecule has 0 N–H and O–H groups in total. The van der Waals surface area contributed by atoms with Crippen LogP contribution in [-0.2, 0) is 12.8 Å². The predicted molar refractivity (Wildman–Crippen MR) is 87.7 cm³/mol. The fourth-order valence-corrected chi connectivity index (χ4v) is 3.25. The molecular weight excluding hydrogens is 304 g/mol. The maximum Gasteiger partial charge on any atom is 0.232 e. The Kier molecular flexibility index (Phi) is 4.08. The van der Waals surface area contributed by atoms with Gasteiger partial charge in [-0.1, -0.05) is 26.0 Å². The number of aromatic nitrogens is 2. The standard InChI is InChI=1S/C16H15ClN2OS/c1-3-10-5-7-11(8-6-10)20-14-13-9-12(4-2)21-15(13)19-16(17)18-14/h5-9H,3-4H2,1-2H3. The van der Waals surface area contributed by atoms with Gasteiger partial charge < -0.3 is 4.74 Å². The SMILES string of the molecule is CCc1ccc(Oc2nc(Cl)nc3sc(CC)cc23)cc1. The Morgan fingerprint density at radius 2 is 1.86 bits per heavy atom. The van der Waals surface area contributed by atoms with Crippen molar-refractivity contribution in [1.82, 2.24) is 9.97 Å². The third-order valence-electron chi connectivity index (χ3n) is 3.28. The Morgan fingerprint density at radius 1 is 1.10 bits per heavy atom. The molecule has 0 fully saturated rings. The van der Waals surface area contributed by atoms with Crippen molar-refractivity contribution in [3.8, 4) is 11.6 Å². The lowest BCUT2D eigenvalue weighted by atomic mass is 10.2. The molecule has 5 heteroatoms. The van der Waals surface area contributed by atoms with Gasteiger partial charge in [0.1, 0.15) is 10.6 Å². The van der Waals surface area contributed by atoms with Gasteiger partial charge in [0.15, 0.2) is 0 Å². The minimum absolute atomic E-state index is 0.215. The van der Waals surface area contributed by atoms with Crippen LogP contribution in [0.1, 0.15) is 24.3 Å². The zero-order valence-corrected chi connectivity index (χ0v) is 13.5. The average Bonchev–Trinajstić information content (AvgIpc) is 2.91. The fraction of sp³-hybridized carbons (Fsp3) is 0.250. The second-order valence-corrected chi connectivity index (χ2v) is 6.14. The van der Waals surface area contributed by atoms with Crippen LogP contribution in [0.2, 0.25) is 5.28 Å². The molecule has 0 aliphatic carbocycles. The first-order valence-corrected chi connectivity index (χ1v) is 8.11. The number of nitrogens with zero attached hydrogens (tertiary/aromatic N) is 2. The van der Waals surface area contributed by atoms with Crippen molar-refractivity contribution in [2.24, 2.45) is 0 Å². The Morgan fingerprint density at radius 3 is 2.52 bits per heavy atom. The van der Waals surface area contributed by atoms with Gasteiger partial charge in [-0.3, -0.25) is 0 Å². The van der Waals surface area contributed by atoms with Crippen molar-refractivity contribution in [1.29, 1.82) is 0 Å². The Hall–Kier alpha value is -1.65. The molecule has 0 aliphatic heterocycles. The first kappa shape index (κ1) is 14.3. The molecule has 0 radical (unpaired) electrons. The normalized spacial score (nSPS) is 11.0. The molecule has 3 aromatic rings. The van der Waals surface area contributed by atoms with Crippen molar-refractivity contribution in [3.63, 3.8) is 0 Å². The molecule has 2 aromatic heterocycles. The highest BCUT2D eigenvalue weighted by atomic mass is 35.5. The smallest absolute Gasteiger partial charge is 0.232 e. The molecule has 0 atom stereocenters. The summed E-state index contributed by atoms with van der Waals surface area (Å²) < 4.78 is 5.90. The van der Waals surface area contributed by atoms with Crippen LogP contribution in [0.4, 0.5) is 0 Å². The molecular formula is C16H15ClN2OS. The van der Waals surface area contributed by atoms with Crippen molar-refractivity contribution in [2.75, 3.05) is 0 Å². The Bertz CT molecular complexity index is 768. The van der Waals surface area contributed by atoms with Crippen LogP contribution in [0, 0.1) is 0 Å². The molecule has 3 nitrogen and oxygen atoms in total. The van der Waals surface area contributed by atoms with E-state index in [1.54, 1.807) is 11.3 Å². The molecule has 1 aromatic carbocycles. The number of aryl methyl sites for hydroxylation is 2. The lowest BCUT2D eigenvalue weighted by Crippen LogP contribution is -1.91. The van der Waals surface area contributed by atoms with E-state index in [2.05, 4.69) is 42.0 Å². The highest BCUT2D eigenvalue weighted by Crippen LogP contribution is 2.34. The number of ether oxygens (including phenoxy) is 1. The highest BCUT2D eigenvalue weighted by molar-refractivity contribution is 7.18. The number of fused-ring (bicyclic) bond motifs is 1. The highest BCUT2D eigenvalue weighted by Gasteiger charge is 2.12. The molecule has 108 valence electrons. The van der Waals surface area contributed by atoms with Gasteiger partial charge >= 0.3 is 0 Å². The molecule has 0 saturated carbocycles. The number of benzene rings is 1. The number of halogens is 1. The van der Waals surface area contributed by atoms with Gasteiger partial charge in [0.25, 0.3) is 0 Å². The van der Waals surface area contributed by atoms with Crippen LogP contribution in [0.25, 0.3) is 10.2 Å². The maximum atomic E-state index is 5.99. The lowest BCUT2D eigenvalue weighted by molar-refractivity contribution is 0.468. The van der Waals surface area contributed by atoms with Gasteiger partial charge in [-0.15, -0.1) is 11.3 Å². The fourth-order valence-electron chi connectivity index (χ4n) is 2.08. The van der Waals surface area contributed by atoms with Crippen LogP contribution in [0.15, 0.2) is 30.3 Å².